The maximum absolute atomic E-state index is 12.0. The Balaban J connectivity index is 2.54. The summed E-state index contributed by atoms with van der Waals surface area (Å²) in [6.45, 7) is 1.28. The van der Waals surface area contributed by atoms with E-state index in [-0.39, 0.29) is 22.6 Å². The fourth-order valence-electron chi connectivity index (χ4n) is 2.93. The second-order valence-corrected chi connectivity index (χ2v) is 5.10. The highest BCUT2D eigenvalue weighted by Crippen LogP contribution is 2.38. The molecule has 0 saturated carbocycles. The van der Waals surface area contributed by atoms with Gasteiger partial charge in [0.15, 0.2) is 11.4 Å². The van der Waals surface area contributed by atoms with E-state index in [1.165, 1.54) is 6.92 Å². The fourth-order valence-corrected chi connectivity index (χ4v) is 2.93. The molecule has 5 heteroatoms. The Bertz CT molecular complexity index is 785. The molecular formula is C15H14O5. The highest BCUT2D eigenvalue weighted by atomic mass is 16.4. The van der Waals surface area contributed by atoms with Crippen molar-refractivity contribution in [3.05, 3.63) is 33.2 Å². The number of hydrogen-bond acceptors (Lipinski definition) is 5. The van der Waals surface area contributed by atoms with Crippen molar-refractivity contribution < 1.29 is 19.4 Å². The highest BCUT2D eigenvalue weighted by Gasteiger charge is 2.25. The summed E-state index contributed by atoms with van der Waals surface area (Å²) >= 11 is 0. The Morgan fingerprint density at radius 1 is 1.15 bits per heavy atom. The number of aryl methyl sites for hydroxylation is 1. The predicted molar refractivity (Wildman–Crippen MR) is 72.5 cm³/mol. The summed E-state index contributed by atoms with van der Waals surface area (Å²) in [7, 11) is 0. The second-order valence-electron chi connectivity index (χ2n) is 5.10. The first-order valence-corrected chi connectivity index (χ1v) is 6.55. The van der Waals surface area contributed by atoms with Gasteiger partial charge >= 0.3 is 5.63 Å². The third-order valence-corrected chi connectivity index (χ3v) is 3.80. The summed E-state index contributed by atoms with van der Waals surface area (Å²) in [5.74, 6) is -0.947. The van der Waals surface area contributed by atoms with Crippen molar-refractivity contribution in [2.45, 2.75) is 32.6 Å². The lowest BCUT2D eigenvalue weighted by Crippen LogP contribution is -2.16. The van der Waals surface area contributed by atoms with Gasteiger partial charge in [-0.3, -0.25) is 4.79 Å². The number of ketones is 1. The van der Waals surface area contributed by atoms with Crippen LogP contribution >= 0.6 is 0 Å². The molecule has 0 aliphatic heterocycles. The van der Waals surface area contributed by atoms with Crippen molar-refractivity contribution in [2.24, 2.45) is 0 Å². The van der Waals surface area contributed by atoms with Gasteiger partial charge in [0.25, 0.3) is 0 Å². The third kappa shape index (κ3) is 1.70. The molecule has 0 fully saturated rings. The molecule has 0 amide bonds. The maximum atomic E-state index is 12.0. The summed E-state index contributed by atoms with van der Waals surface area (Å²) in [4.78, 5) is 23.7. The number of fused-ring (bicyclic) bond motifs is 3. The predicted octanol–water partition coefficient (Wildman–Crippen LogP) is 2.29. The van der Waals surface area contributed by atoms with Gasteiger partial charge < -0.3 is 14.6 Å². The van der Waals surface area contributed by atoms with Crippen molar-refractivity contribution in [3.63, 3.8) is 0 Å². The maximum Gasteiger partial charge on any atom is 0.339 e. The van der Waals surface area contributed by atoms with E-state index in [1.807, 2.05) is 0 Å². The van der Waals surface area contributed by atoms with Gasteiger partial charge in [0, 0.05) is 11.6 Å². The van der Waals surface area contributed by atoms with Crippen molar-refractivity contribution in [3.8, 4) is 11.5 Å². The van der Waals surface area contributed by atoms with E-state index in [0.29, 0.717) is 23.8 Å². The molecule has 0 unspecified atom stereocenters. The van der Waals surface area contributed by atoms with Crippen molar-refractivity contribution in [1.29, 1.82) is 0 Å². The van der Waals surface area contributed by atoms with Crippen LogP contribution in [0.3, 0.4) is 0 Å². The van der Waals surface area contributed by atoms with Gasteiger partial charge in [-0.25, -0.2) is 4.79 Å². The van der Waals surface area contributed by atoms with Crippen LogP contribution in [0.15, 0.2) is 15.3 Å². The highest BCUT2D eigenvalue weighted by molar-refractivity contribution is 6.09. The zero-order valence-corrected chi connectivity index (χ0v) is 11.0. The number of phenolic OH excluding ortho intramolecular Hbond substituents is 2. The molecule has 20 heavy (non-hydrogen) atoms. The molecular weight excluding hydrogens is 260 g/mol. The molecule has 104 valence electrons. The molecule has 1 heterocycles. The van der Waals surface area contributed by atoms with Crippen LogP contribution in [-0.4, -0.2) is 16.0 Å². The first-order valence-electron chi connectivity index (χ1n) is 6.55. The topological polar surface area (TPSA) is 87.7 Å². The molecule has 0 spiro atoms. The van der Waals surface area contributed by atoms with Crippen LogP contribution in [0.25, 0.3) is 11.0 Å². The average Bonchev–Trinajstić information content (AvgIpc) is 2.37. The molecule has 1 aliphatic rings. The molecule has 3 rings (SSSR count). The number of Topliss-reactive ketones (excluding diaryl/α,β-unsaturated/α-hetero) is 1. The first-order chi connectivity index (χ1) is 9.50. The molecule has 2 N–H and O–H groups in total. The monoisotopic (exact) mass is 274 g/mol. The molecule has 0 saturated heterocycles. The number of rotatable bonds is 1. The van der Waals surface area contributed by atoms with Gasteiger partial charge in [-0.1, -0.05) is 0 Å². The lowest BCUT2D eigenvalue weighted by atomic mass is 9.89. The SMILES string of the molecule is CC(=O)c1c(O)cc(O)c2c3c(c(=O)oc12)CCCC3. The van der Waals surface area contributed by atoms with Crippen LogP contribution in [0.5, 0.6) is 11.5 Å². The summed E-state index contributed by atoms with van der Waals surface area (Å²) in [6, 6.07) is 1.13. The van der Waals surface area contributed by atoms with Gasteiger partial charge in [-0.05, 0) is 38.2 Å². The molecule has 5 nitrogen and oxygen atoms in total. The van der Waals surface area contributed by atoms with Crippen molar-refractivity contribution >= 4 is 16.8 Å². The number of phenols is 2. The van der Waals surface area contributed by atoms with E-state index in [4.69, 9.17) is 4.42 Å². The van der Waals surface area contributed by atoms with E-state index in [0.717, 1.165) is 24.5 Å². The standard InChI is InChI=1S/C15H14O5/c1-7(16)12-10(17)6-11(18)13-8-4-2-3-5-9(8)15(19)20-14(12)13/h6,17-18H,2-5H2,1H3. The molecule has 0 radical (unpaired) electrons. The number of carbonyl (C=O) groups excluding carboxylic acids is 1. The first kappa shape index (κ1) is 12.7. The van der Waals surface area contributed by atoms with Gasteiger partial charge in [0.1, 0.15) is 17.1 Å². The van der Waals surface area contributed by atoms with Crippen LogP contribution in [0, 0.1) is 0 Å². The van der Waals surface area contributed by atoms with Crippen LogP contribution in [0.1, 0.15) is 41.3 Å². The molecule has 0 atom stereocenters. The van der Waals surface area contributed by atoms with E-state index in [2.05, 4.69) is 0 Å². The zero-order valence-electron chi connectivity index (χ0n) is 11.0. The molecule has 0 bridgehead atoms. The van der Waals surface area contributed by atoms with Crippen LogP contribution in [0.2, 0.25) is 0 Å². The molecule has 1 aromatic heterocycles. The minimum atomic E-state index is -0.486. The van der Waals surface area contributed by atoms with Gasteiger partial charge in [-0.2, -0.15) is 0 Å². The summed E-state index contributed by atoms with van der Waals surface area (Å²) in [5, 5.41) is 20.3. The van der Waals surface area contributed by atoms with Gasteiger partial charge in [0.2, 0.25) is 0 Å². The molecule has 1 aromatic carbocycles. The van der Waals surface area contributed by atoms with E-state index < -0.39 is 11.4 Å². The van der Waals surface area contributed by atoms with Gasteiger partial charge in [0.05, 0.1) is 5.39 Å². The van der Waals surface area contributed by atoms with Crippen LogP contribution in [0.4, 0.5) is 0 Å². The van der Waals surface area contributed by atoms with Crippen LogP contribution < -0.4 is 5.63 Å². The Kier molecular flexibility index (Phi) is 2.78. The third-order valence-electron chi connectivity index (χ3n) is 3.80. The Morgan fingerprint density at radius 2 is 1.80 bits per heavy atom. The summed E-state index contributed by atoms with van der Waals surface area (Å²) in [5.41, 5.74) is 0.755. The van der Waals surface area contributed by atoms with E-state index in [9.17, 15) is 19.8 Å². The van der Waals surface area contributed by atoms with E-state index in [1.54, 1.807) is 0 Å². The minimum absolute atomic E-state index is 0.0133. The zero-order chi connectivity index (χ0) is 14.4. The lowest BCUT2D eigenvalue weighted by Gasteiger charge is -2.18. The molecule has 1 aliphatic carbocycles. The number of hydrogen-bond donors (Lipinski definition) is 2. The summed E-state index contributed by atoms with van der Waals surface area (Å²) in [6.07, 6.45) is 3.10. The quantitative estimate of drug-likeness (QED) is 0.615. The van der Waals surface area contributed by atoms with E-state index >= 15 is 0 Å². The number of aromatic hydroxyl groups is 2. The Morgan fingerprint density at radius 3 is 2.45 bits per heavy atom. The minimum Gasteiger partial charge on any atom is -0.507 e. The second kappa shape index (κ2) is 4.37. The molecule has 2 aromatic rings. The summed E-state index contributed by atoms with van der Waals surface area (Å²) < 4.78 is 5.22. The largest absolute Gasteiger partial charge is 0.507 e. The van der Waals surface area contributed by atoms with Crippen molar-refractivity contribution in [1.82, 2.24) is 0 Å². The fraction of sp³-hybridized carbons (Fsp3) is 0.333. The lowest BCUT2D eigenvalue weighted by molar-refractivity contribution is 0.101. The number of benzene rings is 1. The Labute approximate surface area is 114 Å². The van der Waals surface area contributed by atoms with Crippen LogP contribution in [-0.2, 0) is 12.8 Å². The van der Waals surface area contributed by atoms with Crippen molar-refractivity contribution in [2.75, 3.05) is 0 Å². The normalized spacial score (nSPS) is 14.2. The van der Waals surface area contributed by atoms with Gasteiger partial charge in [-0.15, -0.1) is 0 Å². The smallest absolute Gasteiger partial charge is 0.339 e. The number of carbonyl (C=O) groups is 1. The Hall–Kier alpha value is -2.30. The average molecular weight is 274 g/mol.